The van der Waals surface area contributed by atoms with Crippen LogP contribution in [-0.4, -0.2) is 30.0 Å². The fourth-order valence-corrected chi connectivity index (χ4v) is 2.53. The van der Waals surface area contributed by atoms with Crippen LogP contribution in [0.5, 0.6) is 0 Å². The second-order valence-corrected chi connectivity index (χ2v) is 5.80. The largest absolute Gasteiger partial charge is 0.451 e. The van der Waals surface area contributed by atoms with E-state index in [0.29, 0.717) is 12.2 Å². The Morgan fingerprint density at radius 3 is 2.42 bits per heavy atom. The molecule has 0 unspecified atom stereocenters. The van der Waals surface area contributed by atoms with Gasteiger partial charge in [0.05, 0.1) is 15.1 Å². The second kappa shape index (κ2) is 8.33. The quantitative estimate of drug-likeness (QED) is 0.720. The van der Waals surface area contributed by atoms with E-state index in [1.807, 2.05) is 25.1 Å². The first-order valence-corrected chi connectivity index (χ1v) is 8.11. The molecule has 0 aliphatic rings. The molecule has 2 rings (SSSR count). The number of benzene rings is 1. The number of carbonyl (C=O) groups is 2. The number of anilines is 1. The molecule has 0 saturated heterocycles. The summed E-state index contributed by atoms with van der Waals surface area (Å²) in [7, 11) is 0. The molecular weight excluding hydrogens is 375 g/mol. The van der Waals surface area contributed by atoms with E-state index in [2.05, 4.69) is 4.98 Å². The Balaban J connectivity index is 2.06. The van der Waals surface area contributed by atoms with Crippen LogP contribution in [0, 0.1) is 0 Å². The first kappa shape index (κ1) is 18.5. The van der Waals surface area contributed by atoms with Gasteiger partial charge in [-0.2, -0.15) is 0 Å². The van der Waals surface area contributed by atoms with Crippen molar-refractivity contribution in [3.8, 4) is 0 Å². The normalized spacial score (nSPS) is 10.3. The predicted molar refractivity (Wildman–Crippen MR) is 94.0 cm³/mol. The van der Waals surface area contributed by atoms with Gasteiger partial charge in [0.2, 0.25) is 0 Å². The molecule has 0 fully saturated rings. The molecule has 0 spiro atoms. The van der Waals surface area contributed by atoms with Crippen LogP contribution in [0.1, 0.15) is 17.4 Å². The number of esters is 1. The number of halogens is 3. The standard InChI is InChI=1S/C16H13Cl3N2O3/c1-2-21(10-6-4-3-5-7-10)12(22)9-24-16(23)15-14(19)13(18)11(17)8-20-15/h3-8H,2,9H2,1H3. The first-order valence-electron chi connectivity index (χ1n) is 6.97. The Bertz CT molecular complexity index is 754. The summed E-state index contributed by atoms with van der Waals surface area (Å²) in [6.45, 7) is 1.82. The van der Waals surface area contributed by atoms with Crippen molar-refractivity contribution < 1.29 is 14.3 Å². The number of hydrogen-bond acceptors (Lipinski definition) is 4. The third-order valence-electron chi connectivity index (χ3n) is 3.12. The lowest BCUT2D eigenvalue weighted by Crippen LogP contribution is -2.34. The fourth-order valence-electron chi connectivity index (χ4n) is 1.97. The molecule has 126 valence electrons. The number of likely N-dealkylation sites (N-methyl/N-ethyl adjacent to an activating group) is 1. The minimum Gasteiger partial charge on any atom is -0.451 e. The van der Waals surface area contributed by atoms with E-state index in [4.69, 9.17) is 39.5 Å². The fraction of sp³-hybridized carbons (Fsp3) is 0.188. The number of nitrogens with zero attached hydrogens (tertiary/aromatic N) is 2. The van der Waals surface area contributed by atoms with Crippen molar-refractivity contribution in [2.75, 3.05) is 18.1 Å². The Morgan fingerprint density at radius 1 is 1.12 bits per heavy atom. The lowest BCUT2D eigenvalue weighted by molar-refractivity contribution is -0.121. The van der Waals surface area contributed by atoms with Crippen LogP contribution in [-0.2, 0) is 9.53 Å². The zero-order chi connectivity index (χ0) is 17.7. The van der Waals surface area contributed by atoms with Crippen LogP contribution in [0.2, 0.25) is 15.1 Å². The van der Waals surface area contributed by atoms with Crippen LogP contribution in [0.15, 0.2) is 36.5 Å². The number of amides is 1. The Kier molecular flexibility index (Phi) is 6.43. The van der Waals surface area contributed by atoms with E-state index in [0.717, 1.165) is 0 Å². The van der Waals surface area contributed by atoms with E-state index in [1.54, 1.807) is 12.1 Å². The minimum absolute atomic E-state index is 0.00563. The molecule has 1 aromatic carbocycles. The van der Waals surface area contributed by atoms with Crippen molar-refractivity contribution in [1.82, 2.24) is 4.98 Å². The molecule has 1 aromatic heterocycles. The maximum atomic E-state index is 12.3. The van der Waals surface area contributed by atoms with E-state index >= 15 is 0 Å². The second-order valence-electron chi connectivity index (χ2n) is 4.63. The van der Waals surface area contributed by atoms with Crippen molar-refractivity contribution in [1.29, 1.82) is 0 Å². The summed E-state index contributed by atoms with van der Waals surface area (Å²) in [6, 6.07) is 9.06. The third-order valence-corrected chi connectivity index (χ3v) is 4.36. The summed E-state index contributed by atoms with van der Waals surface area (Å²) in [5, 5.41) is 0.0126. The van der Waals surface area contributed by atoms with Crippen molar-refractivity contribution in [2.24, 2.45) is 0 Å². The Labute approximate surface area is 154 Å². The van der Waals surface area contributed by atoms with Gasteiger partial charge >= 0.3 is 5.97 Å². The van der Waals surface area contributed by atoms with Gasteiger partial charge in [0.25, 0.3) is 5.91 Å². The molecule has 0 aliphatic carbocycles. The van der Waals surface area contributed by atoms with Gasteiger partial charge in [0.15, 0.2) is 12.3 Å². The molecule has 0 atom stereocenters. The molecule has 5 nitrogen and oxygen atoms in total. The molecule has 0 N–H and O–H groups in total. The summed E-state index contributed by atoms with van der Waals surface area (Å²) in [6.07, 6.45) is 1.19. The number of aromatic nitrogens is 1. The van der Waals surface area contributed by atoms with Crippen LogP contribution in [0.4, 0.5) is 5.69 Å². The predicted octanol–water partition coefficient (Wildman–Crippen LogP) is 4.25. The average molecular weight is 388 g/mol. The highest BCUT2D eigenvalue weighted by atomic mass is 35.5. The summed E-state index contributed by atoms with van der Waals surface area (Å²) < 4.78 is 4.99. The molecule has 8 heteroatoms. The number of para-hydroxylation sites is 1. The number of ether oxygens (including phenoxy) is 1. The van der Waals surface area contributed by atoms with E-state index in [1.165, 1.54) is 11.1 Å². The summed E-state index contributed by atoms with van der Waals surface area (Å²) in [5.41, 5.74) is 0.522. The van der Waals surface area contributed by atoms with Gasteiger partial charge in [-0.25, -0.2) is 9.78 Å². The number of rotatable bonds is 5. The molecule has 0 saturated carbocycles. The Morgan fingerprint density at radius 2 is 1.79 bits per heavy atom. The van der Waals surface area contributed by atoms with Gasteiger partial charge in [-0.1, -0.05) is 53.0 Å². The molecule has 2 aromatic rings. The highest BCUT2D eigenvalue weighted by Crippen LogP contribution is 2.31. The van der Waals surface area contributed by atoms with Gasteiger partial charge in [-0.3, -0.25) is 4.79 Å². The van der Waals surface area contributed by atoms with E-state index in [9.17, 15) is 9.59 Å². The van der Waals surface area contributed by atoms with Crippen LogP contribution in [0.25, 0.3) is 0 Å². The monoisotopic (exact) mass is 386 g/mol. The Hall–Kier alpha value is -1.82. The van der Waals surface area contributed by atoms with Gasteiger partial charge in [0, 0.05) is 18.4 Å². The molecule has 0 bridgehead atoms. The van der Waals surface area contributed by atoms with E-state index in [-0.39, 0.29) is 26.7 Å². The molecule has 24 heavy (non-hydrogen) atoms. The molecule has 0 aliphatic heterocycles. The minimum atomic E-state index is -0.851. The third kappa shape index (κ3) is 4.17. The summed E-state index contributed by atoms with van der Waals surface area (Å²) in [5.74, 6) is -1.22. The highest BCUT2D eigenvalue weighted by molar-refractivity contribution is 6.48. The topological polar surface area (TPSA) is 59.5 Å². The first-order chi connectivity index (χ1) is 11.5. The maximum absolute atomic E-state index is 12.3. The van der Waals surface area contributed by atoms with Crippen molar-refractivity contribution in [3.63, 3.8) is 0 Å². The summed E-state index contributed by atoms with van der Waals surface area (Å²) in [4.78, 5) is 29.6. The molecule has 0 radical (unpaired) electrons. The zero-order valence-electron chi connectivity index (χ0n) is 12.6. The highest BCUT2D eigenvalue weighted by Gasteiger charge is 2.21. The number of carbonyl (C=O) groups excluding carboxylic acids is 2. The maximum Gasteiger partial charge on any atom is 0.359 e. The number of hydrogen-bond donors (Lipinski definition) is 0. The lowest BCUT2D eigenvalue weighted by atomic mass is 10.3. The molecule has 1 heterocycles. The smallest absolute Gasteiger partial charge is 0.359 e. The van der Waals surface area contributed by atoms with Crippen molar-refractivity contribution in [3.05, 3.63) is 57.3 Å². The summed E-state index contributed by atoms with van der Waals surface area (Å²) >= 11 is 17.5. The van der Waals surface area contributed by atoms with Crippen LogP contribution >= 0.6 is 34.8 Å². The van der Waals surface area contributed by atoms with Gasteiger partial charge in [0.1, 0.15) is 0 Å². The lowest BCUT2D eigenvalue weighted by Gasteiger charge is -2.20. The van der Waals surface area contributed by atoms with Crippen molar-refractivity contribution >= 4 is 52.4 Å². The average Bonchev–Trinajstić information content (AvgIpc) is 2.59. The van der Waals surface area contributed by atoms with Crippen LogP contribution in [0.3, 0.4) is 0 Å². The van der Waals surface area contributed by atoms with Gasteiger partial charge in [-0.15, -0.1) is 0 Å². The van der Waals surface area contributed by atoms with Crippen LogP contribution < -0.4 is 4.90 Å². The van der Waals surface area contributed by atoms with Crippen molar-refractivity contribution in [2.45, 2.75) is 6.92 Å². The molecule has 1 amide bonds. The SMILES string of the molecule is CCN(C(=O)COC(=O)c1ncc(Cl)c(Cl)c1Cl)c1ccccc1. The van der Waals surface area contributed by atoms with Gasteiger partial charge in [-0.05, 0) is 19.1 Å². The molecular formula is C16H13Cl3N2O3. The van der Waals surface area contributed by atoms with E-state index < -0.39 is 12.6 Å². The van der Waals surface area contributed by atoms with Gasteiger partial charge < -0.3 is 9.64 Å². The zero-order valence-corrected chi connectivity index (χ0v) is 14.9. The number of pyridine rings is 1.